The molecule has 1 aliphatic carbocycles. The first-order valence-corrected chi connectivity index (χ1v) is 3.10. The van der Waals surface area contributed by atoms with Crippen LogP contribution in [0.4, 0.5) is 0 Å². The van der Waals surface area contributed by atoms with Gasteiger partial charge in [-0.15, -0.1) is 0 Å². The van der Waals surface area contributed by atoms with Crippen molar-refractivity contribution in [3.8, 4) is 0 Å². The van der Waals surface area contributed by atoms with E-state index in [9.17, 15) is 0 Å². The van der Waals surface area contributed by atoms with Gasteiger partial charge in [-0.3, -0.25) is 0 Å². The van der Waals surface area contributed by atoms with Gasteiger partial charge in [0.05, 0.1) is 0 Å². The SMILES string of the molecule is CC1CC1CN(C)O. The standard InChI is InChI=1S/C6H13NO/c1-5-3-6(5)4-7(2)8/h5-6,8H,3-4H2,1-2H3. The monoisotopic (exact) mass is 115 g/mol. The van der Waals surface area contributed by atoms with Crippen LogP contribution in [0, 0.1) is 11.8 Å². The smallest absolute Gasteiger partial charge is 0.0265 e. The fourth-order valence-corrected chi connectivity index (χ4v) is 0.993. The van der Waals surface area contributed by atoms with E-state index in [1.54, 1.807) is 7.05 Å². The molecule has 48 valence electrons. The van der Waals surface area contributed by atoms with E-state index in [1.807, 2.05) is 0 Å². The van der Waals surface area contributed by atoms with Gasteiger partial charge >= 0.3 is 0 Å². The summed E-state index contributed by atoms with van der Waals surface area (Å²) in [5, 5.41) is 9.99. The highest BCUT2D eigenvalue weighted by molar-refractivity contribution is 4.82. The zero-order chi connectivity index (χ0) is 6.15. The van der Waals surface area contributed by atoms with Crippen molar-refractivity contribution in [1.82, 2.24) is 5.06 Å². The Kier molecular flexibility index (Phi) is 1.54. The van der Waals surface area contributed by atoms with Gasteiger partial charge < -0.3 is 5.21 Å². The van der Waals surface area contributed by atoms with Crippen LogP contribution in [0.2, 0.25) is 0 Å². The molecule has 0 radical (unpaired) electrons. The highest BCUT2D eigenvalue weighted by Gasteiger charge is 2.32. The minimum atomic E-state index is 0.769. The third-order valence-corrected chi connectivity index (χ3v) is 1.77. The lowest BCUT2D eigenvalue weighted by atomic mass is 10.3. The van der Waals surface area contributed by atoms with Gasteiger partial charge in [-0.2, -0.15) is 5.06 Å². The van der Waals surface area contributed by atoms with Gasteiger partial charge in [-0.25, -0.2) is 0 Å². The van der Waals surface area contributed by atoms with Crippen molar-refractivity contribution in [1.29, 1.82) is 0 Å². The Bertz CT molecular complexity index is 82.6. The van der Waals surface area contributed by atoms with Crippen molar-refractivity contribution < 1.29 is 5.21 Å². The van der Waals surface area contributed by atoms with Crippen molar-refractivity contribution in [3.05, 3.63) is 0 Å². The largest absolute Gasteiger partial charge is 0.314 e. The molecule has 1 rings (SSSR count). The molecule has 2 heteroatoms. The molecule has 2 unspecified atom stereocenters. The Labute approximate surface area is 50.1 Å². The van der Waals surface area contributed by atoms with Crippen molar-refractivity contribution in [2.24, 2.45) is 11.8 Å². The molecule has 0 saturated heterocycles. The van der Waals surface area contributed by atoms with Gasteiger partial charge in [-0.1, -0.05) is 6.92 Å². The van der Waals surface area contributed by atoms with E-state index in [2.05, 4.69) is 6.92 Å². The van der Waals surface area contributed by atoms with Crippen LogP contribution in [0.25, 0.3) is 0 Å². The van der Waals surface area contributed by atoms with Crippen LogP contribution in [0.1, 0.15) is 13.3 Å². The molecule has 0 amide bonds. The van der Waals surface area contributed by atoms with Crippen LogP contribution >= 0.6 is 0 Å². The number of hydroxylamine groups is 2. The normalized spacial score (nSPS) is 36.0. The predicted molar refractivity (Wildman–Crippen MR) is 31.7 cm³/mol. The number of hydrogen-bond donors (Lipinski definition) is 1. The lowest BCUT2D eigenvalue weighted by Gasteiger charge is -2.04. The molecule has 0 aromatic heterocycles. The third kappa shape index (κ3) is 1.46. The van der Waals surface area contributed by atoms with E-state index in [4.69, 9.17) is 5.21 Å². The molecule has 0 aliphatic heterocycles. The van der Waals surface area contributed by atoms with Crippen LogP contribution in [0.5, 0.6) is 0 Å². The quantitative estimate of drug-likeness (QED) is 0.542. The van der Waals surface area contributed by atoms with Crippen LogP contribution in [0.15, 0.2) is 0 Å². The summed E-state index contributed by atoms with van der Waals surface area (Å²) in [5.74, 6) is 1.62. The molecule has 2 nitrogen and oxygen atoms in total. The second-order valence-electron chi connectivity index (χ2n) is 2.81. The Morgan fingerprint density at radius 1 is 1.75 bits per heavy atom. The van der Waals surface area contributed by atoms with E-state index in [0.29, 0.717) is 0 Å². The highest BCUT2D eigenvalue weighted by Crippen LogP contribution is 2.37. The van der Waals surface area contributed by atoms with Crippen molar-refractivity contribution >= 4 is 0 Å². The second-order valence-corrected chi connectivity index (χ2v) is 2.81. The van der Waals surface area contributed by atoms with Gasteiger partial charge in [0.2, 0.25) is 0 Å². The van der Waals surface area contributed by atoms with E-state index in [0.717, 1.165) is 18.4 Å². The number of nitrogens with zero attached hydrogens (tertiary/aromatic N) is 1. The maximum Gasteiger partial charge on any atom is 0.0265 e. The molecule has 2 atom stereocenters. The first kappa shape index (κ1) is 6.05. The molecule has 8 heavy (non-hydrogen) atoms. The second kappa shape index (κ2) is 2.03. The average molecular weight is 115 g/mol. The molecular weight excluding hydrogens is 102 g/mol. The Hall–Kier alpha value is -0.0800. The fraction of sp³-hybridized carbons (Fsp3) is 1.00. The number of hydrogen-bond acceptors (Lipinski definition) is 2. The maximum absolute atomic E-state index is 8.71. The summed E-state index contributed by atoms with van der Waals surface area (Å²) in [6, 6.07) is 0. The first-order chi connectivity index (χ1) is 3.70. The number of rotatable bonds is 2. The molecule has 1 N–H and O–H groups in total. The minimum Gasteiger partial charge on any atom is -0.314 e. The lowest BCUT2D eigenvalue weighted by Crippen LogP contribution is -2.15. The van der Waals surface area contributed by atoms with Crippen LogP contribution in [-0.2, 0) is 0 Å². The topological polar surface area (TPSA) is 23.5 Å². The molecule has 0 spiro atoms. The van der Waals surface area contributed by atoms with Crippen LogP contribution in [-0.4, -0.2) is 23.9 Å². The molecule has 0 heterocycles. The molecule has 0 bridgehead atoms. The summed E-state index contributed by atoms with van der Waals surface area (Å²) < 4.78 is 0. The zero-order valence-corrected chi connectivity index (χ0v) is 5.46. The van der Waals surface area contributed by atoms with Gasteiger partial charge in [0, 0.05) is 13.6 Å². The Morgan fingerprint density at radius 2 is 2.25 bits per heavy atom. The maximum atomic E-state index is 8.71. The predicted octanol–water partition coefficient (Wildman–Crippen LogP) is 0.963. The fourth-order valence-electron chi connectivity index (χ4n) is 0.993. The minimum absolute atomic E-state index is 0.769. The summed E-state index contributed by atoms with van der Waals surface area (Å²) >= 11 is 0. The molecule has 0 aromatic carbocycles. The molecule has 1 fully saturated rings. The molecule has 1 saturated carbocycles. The van der Waals surface area contributed by atoms with Gasteiger partial charge in [0.25, 0.3) is 0 Å². The third-order valence-electron chi connectivity index (χ3n) is 1.77. The summed E-state index contributed by atoms with van der Waals surface area (Å²) in [5.41, 5.74) is 0. The van der Waals surface area contributed by atoms with Gasteiger partial charge in [0.1, 0.15) is 0 Å². The molecule has 0 aromatic rings. The summed E-state index contributed by atoms with van der Waals surface area (Å²) in [4.78, 5) is 0. The van der Waals surface area contributed by atoms with E-state index in [1.165, 1.54) is 11.5 Å². The zero-order valence-electron chi connectivity index (χ0n) is 5.46. The Morgan fingerprint density at radius 3 is 2.38 bits per heavy atom. The summed E-state index contributed by atoms with van der Waals surface area (Å²) in [7, 11) is 1.70. The average Bonchev–Trinajstić information content (AvgIpc) is 2.17. The van der Waals surface area contributed by atoms with Gasteiger partial charge in [0.15, 0.2) is 0 Å². The van der Waals surface area contributed by atoms with E-state index >= 15 is 0 Å². The van der Waals surface area contributed by atoms with Crippen LogP contribution in [0.3, 0.4) is 0 Å². The Balaban J connectivity index is 2.05. The van der Waals surface area contributed by atoms with Crippen molar-refractivity contribution in [2.45, 2.75) is 13.3 Å². The lowest BCUT2D eigenvalue weighted by molar-refractivity contribution is -0.0691. The van der Waals surface area contributed by atoms with Gasteiger partial charge in [-0.05, 0) is 18.3 Å². The highest BCUT2D eigenvalue weighted by atomic mass is 16.5. The van der Waals surface area contributed by atoms with E-state index in [-0.39, 0.29) is 0 Å². The molecule has 1 aliphatic rings. The molecular formula is C6H13NO. The van der Waals surface area contributed by atoms with E-state index < -0.39 is 0 Å². The first-order valence-electron chi connectivity index (χ1n) is 3.10. The summed E-state index contributed by atoms with van der Waals surface area (Å²) in [6.07, 6.45) is 1.30. The summed E-state index contributed by atoms with van der Waals surface area (Å²) in [6.45, 7) is 3.06. The van der Waals surface area contributed by atoms with Crippen molar-refractivity contribution in [2.75, 3.05) is 13.6 Å². The van der Waals surface area contributed by atoms with Crippen LogP contribution < -0.4 is 0 Å². The van der Waals surface area contributed by atoms with Crippen molar-refractivity contribution in [3.63, 3.8) is 0 Å².